The van der Waals surface area contributed by atoms with Gasteiger partial charge in [0, 0.05) is 47.7 Å². The van der Waals surface area contributed by atoms with E-state index in [0.29, 0.717) is 10.9 Å². The van der Waals surface area contributed by atoms with Crippen LogP contribution >= 0.6 is 11.8 Å². The van der Waals surface area contributed by atoms with E-state index in [-0.39, 0.29) is 5.78 Å². The molecule has 0 fully saturated rings. The van der Waals surface area contributed by atoms with Gasteiger partial charge in [0.25, 0.3) is 0 Å². The summed E-state index contributed by atoms with van der Waals surface area (Å²) in [6, 6.07) is 9.88. The van der Waals surface area contributed by atoms with E-state index in [4.69, 9.17) is 0 Å². The number of para-hydroxylation sites is 1. The monoisotopic (exact) mass is 377 g/mol. The number of nitrogens with zero attached hydrogens (tertiary/aromatic N) is 4. The normalized spacial score (nSPS) is 11.2. The molecule has 1 aromatic carbocycles. The van der Waals surface area contributed by atoms with Crippen molar-refractivity contribution >= 4 is 28.4 Å². The SMILES string of the molecule is CCc1cccc2c(C(=O)CSc3nnc(-c4cccnc4)n3C)c[nH]c12. The number of rotatable bonds is 6. The highest BCUT2D eigenvalue weighted by atomic mass is 32.2. The average Bonchev–Trinajstić information content (AvgIpc) is 3.30. The third-order valence-electron chi connectivity index (χ3n) is 4.57. The van der Waals surface area contributed by atoms with Crippen LogP contribution in [0.25, 0.3) is 22.3 Å². The number of hydrogen-bond acceptors (Lipinski definition) is 5. The standard InChI is InChI=1S/C20H19N5OS/c1-3-13-6-4-8-15-16(11-22-18(13)15)17(26)12-27-20-24-23-19(25(20)2)14-7-5-9-21-10-14/h4-11,22H,3,12H2,1-2H3. The summed E-state index contributed by atoms with van der Waals surface area (Å²) < 4.78 is 1.89. The van der Waals surface area contributed by atoms with E-state index in [1.54, 1.807) is 12.4 Å². The van der Waals surface area contributed by atoms with Gasteiger partial charge in [-0.1, -0.05) is 36.9 Å². The maximum absolute atomic E-state index is 12.8. The lowest BCUT2D eigenvalue weighted by molar-refractivity contribution is 0.102. The van der Waals surface area contributed by atoms with E-state index in [1.165, 1.54) is 17.3 Å². The number of aromatic amines is 1. The Bertz CT molecular complexity index is 1100. The van der Waals surface area contributed by atoms with Crippen LogP contribution in [-0.2, 0) is 13.5 Å². The summed E-state index contributed by atoms with van der Waals surface area (Å²) in [7, 11) is 1.90. The highest BCUT2D eigenvalue weighted by Crippen LogP contribution is 2.26. The Morgan fingerprint density at radius 3 is 2.89 bits per heavy atom. The molecule has 0 unspecified atom stereocenters. The Balaban J connectivity index is 1.53. The molecule has 27 heavy (non-hydrogen) atoms. The number of nitrogens with one attached hydrogen (secondary N) is 1. The third-order valence-corrected chi connectivity index (χ3v) is 5.59. The lowest BCUT2D eigenvalue weighted by atomic mass is 10.1. The van der Waals surface area contributed by atoms with Crippen molar-refractivity contribution in [1.82, 2.24) is 24.7 Å². The van der Waals surface area contributed by atoms with Gasteiger partial charge in [0.1, 0.15) is 0 Å². The fourth-order valence-electron chi connectivity index (χ4n) is 3.14. The lowest BCUT2D eigenvalue weighted by Crippen LogP contribution is -2.03. The predicted molar refractivity (Wildman–Crippen MR) is 107 cm³/mol. The smallest absolute Gasteiger partial charge is 0.191 e. The van der Waals surface area contributed by atoms with E-state index < -0.39 is 0 Å². The molecule has 0 aliphatic carbocycles. The maximum atomic E-state index is 12.8. The Morgan fingerprint density at radius 2 is 2.11 bits per heavy atom. The van der Waals surface area contributed by atoms with Crippen LogP contribution in [0.5, 0.6) is 0 Å². The van der Waals surface area contributed by atoms with Crippen molar-refractivity contribution in [2.45, 2.75) is 18.5 Å². The highest BCUT2D eigenvalue weighted by molar-refractivity contribution is 7.99. The summed E-state index contributed by atoms with van der Waals surface area (Å²) in [5.41, 5.74) is 3.89. The molecule has 6 nitrogen and oxygen atoms in total. The fraction of sp³-hybridized carbons (Fsp3) is 0.200. The van der Waals surface area contributed by atoms with Gasteiger partial charge in [0.2, 0.25) is 0 Å². The van der Waals surface area contributed by atoms with Gasteiger partial charge in [-0.2, -0.15) is 0 Å². The summed E-state index contributed by atoms with van der Waals surface area (Å²) in [4.78, 5) is 20.1. The third kappa shape index (κ3) is 3.26. The van der Waals surface area contributed by atoms with Gasteiger partial charge in [0.15, 0.2) is 16.8 Å². The molecule has 0 bridgehead atoms. The number of Topliss-reactive ketones (excluding diaryl/α,β-unsaturated/α-hetero) is 1. The minimum atomic E-state index is 0.0745. The first-order valence-corrected chi connectivity index (χ1v) is 9.72. The zero-order chi connectivity index (χ0) is 18.8. The second-order valence-corrected chi connectivity index (χ2v) is 7.16. The molecule has 4 aromatic rings. The van der Waals surface area contributed by atoms with Crippen LogP contribution in [0.3, 0.4) is 0 Å². The lowest BCUT2D eigenvalue weighted by Gasteiger charge is -2.04. The number of aryl methyl sites for hydroxylation is 1. The second kappa shape index (κ2) is 7.36. The van der Waals surface area contributed by atoms with Crippen molar-refractivity contribution in [2.24, 2.45) is 7.05 Å². The molecular weight excluding hydrogens is 358 g/mol. The first kappa shape index (κ1) is 17.5. The number of H-pyrrole nitrogens is 1. The van der Waals surface area contributed by atoms with Crippen molar-refractivity contribution in [3.63, 3.8) is 0 Å². The number of carbonyl (C=O) groups is 1. The van der Waals surface area contributed by atoms with Crippen molar-refractivity contribution in [2.75, 3.05) is 5.75 Å². The molecule has 0 atom stereocenters. The number of ketones is 1. The van der Waals surface area contributed by atoms with Crippen LogP contribution in [-0.4, -0.2) is 36.3 Å². The van der Waals surface area contributed by atoms with Gasteiger partial charge in [-0.15, -0.1) is 10.2 Å². The van der Waals surface area contributed by atoms with Gasteiger partial charge in [-0.3, -0.25) is 9.78 Å². The zero-order valence-corrected chi connectivity index (χ0v) is 16.0. The minimum Gasteiger partial charge on any atom is -0.360 e. The van der Waals surface area contributed by atoms with Crippen molar-refractivity contribution in [3.05, 3.63) is 60.0 Å². The molecule has 4 rings (SSSR count). The quantitative estimate of drug-likeness (QED) is 0.407. The summed E-state index contributed by atoms with van der Waals surface area (Å²) >= 11 is 1.39. The molecule has 0 aliphatic heterocycles. The Labute approximate surface area is 161 Å². The molecular formula is C20H19N5OS. The van der Waals surface area contributed by atoms with Crippen LogP contribution in [0, 0.1) is 0 Å². The molecule has 7 heteroatoms. The molecule has 0 spiro atoms. The van der Waals surface area contributed by atoms with Gasteiger partial charge in [0.05, 0.1) is 5.75 Å². The second-order valence-electron chi connectivity index (χ2n) is 6.21. The zero-order valence-electron chi connectivity index (χ0n) is 15.1. The van der Waals surface area contributed by atoms with E-state index >= 15 is 0 Å². The van der Waals surface area contributed by atoms with Gasteiger partial charge >= 0.3 is 0 Å². The summed E-state index contributed by atoms with van der Waals surface area (Å²) in [6.07, 6.45) is 6.21. The molecule has 3 heterocycles. The molecule has 1 N–H and O–H groups in total. The predicted octanol–water partition coefficient (Wildman–Crippen LogP) is 3.90. The number of fused-ring (bicyclic) bond motifs is 1. The fourth-order valence-corrected chi connectivity index (χ4v) is 3.93. The molecule has 136 valence electrons. The van der Waals surface area contributed by atoms with E-state index in [9.17, 15) is 4.79 Å². The van der Waals surface area contributed by atoms with E-state index in [1.807, 2.05) is 42.1 Å². The van der Waals surface area contributed by atoms with Crippen LogP contribution in [0.15, 0.2) is 54.1 Å². The highest BCUT2D eigenvalue weighted by Gasteiger charge is 2.17. The molecule has 0 radical (unpaired) electrons. The van der Waals surface area contributed by atoms with Crippen molar-refractivity contribution < 1.29 is 4.79 Å². The molecule has 0 saturated heterocycles. The maximum Gasteiger partial charge on any atom is 0.191 e. The number of thioether (sulfide) groups is 1. The Hall–Kier alpha value is -2.93. The van der Waals surface area contributed by atoms with Crippen LogP contribution in [0.2, 0.25) is 0 Å². The first-order chi connectivity index (χ1) is 13.2. The first-order valence-electron chi connectivity index (χ1n) is 8.73. The molecule has 0 saturated carbocycles. The Morgan fingerprint density at radius 1 is 1.22 bits per heavy atom. The largest absolute Gasteiger partial charge is 0.360 e. The number of aromatic nitrogens is 5. The number of benzene rings is 1. The van der Waals surface area contributed by atoms with Crippen LogP contribution in [0.4, 0.5) is 0 Å². The minimum absolute atomic E-state index is 0.0745. The molecule has 0 aliphatic rings. The topological polar surface area (TPSA) is 76.5 Å². The van der Waals surface area contributed by atoms with Gasteiger partial charge < -0.3 is 9.55 Å². The van der Waals surface area contributed by atoms with Crippen molar-refractivity contribution in [1.29, 1.82) is 0 Å². The number of pyridine rings is 1. The van der Waals surface area contributed by atoms with Gasteiger partial charge in [-0.25, -0.2) is 0 Å². The van der Waals surface area contributed by atoms with Crippen LogP contribution < -0.4 is 0 Å². The van der Waals surface area contributed by atoms with E-state index in [2.05, 4.69) is 33.2 Å². The number of hydrogen-bond donors (Lipinski definition) is 1. The van der Waals surface area contributed by atoms with Gasteiger partial charge in [-0.05, 0) is 24.1 Å². The van der Waals surface area contributed by atoms with Crippen LogP contribution in [0.1, 0.15) is 22.8 Å². The Kier molecular flexibility index (Phi) is 4.77. The average molecular weight is 377 g/mol. The molecule has 3 aromatic heterocycles. The number of carbonyl (C=O) groups excluding carboxylic acids is 1. The summed E-state index contributed by atoms with van der Waals surface area (Å²) in [6.45, 7) is 2.11. The summed E-state index contributed by atoms with van der Waals surface area (Å²) in [5, 5.41) is 10.1. The van der Waals surface area contributed by atoms with Crippen molar-refractivity contribution in [3.8, 4) is 11.4 Å². The summed E-state index contributed by atoms with van der Waals surface area (Å²) in [5.74, 6) is 1.12. The molecule has 0 amide bonds. The van der Waals surface area contributed by atoms with E-state index in [0.717, 1.165) is 34.3 Å².